The van der Waals surface area contributed by atoms with Crippen LogP contribution in [0.1, 0.15) is 16.7 Å². The number of carbonyl (C=O) groups is 1. The van der Waals surface area contributed by atoms with Crippen molar-refractivity contribution in [3.05, 3.63) is 70.2 Å². The molecule has 0 aromatic heterocycles. The van der Waals surface area contributed by atoms with Crippen LogP contribution in [0.25, 0.3) is 0 Å². The van der Waals surface area contributed by atoms with Gasteiger partial charge in [0.2, 0.25) is 5.91 Å². The minimum absolute atomic E-state index is 0.0138. The molecular weight excluding hydrogens is 412 g/mol. The molecule has 0 saturated carbocycles. The largest absolute Gasteiger partial charge is 0.370 e. The molecule has 2 aliphatic heterocycles. The minimum atomic E-state index is 0.0138. The molecule has 162 valence electrons. The molecule has 4 rings (SSSR count). The molecule has 0 radical (unpaired) electrons. The Kier molecular flexibility index (Phi) is 7.21. The Morgan fingerprint density at radius 2 is 1.74 bits per heavy atom. The lowest BCUT2D eigenvalue weighted by atomic mass is 10.1. The highest BCUT2D eigenvalue weighted by Crippen LogP contribution is 2.21. The number of halogens is 1. The van der Waals surface area contributed by atoms with E-state index in [1.165, 1.54) is 5.56 Å². The number of nitrogens with zero attached hydrogens (tertiary/aromatic N) is 3. The van der Waals surface area contributed by atoms with Crippen LogP contribution in [0.2, 0.25) is 5.02 Å². The maximum absolute atomic E-state index is 12.4. The van der Waals surface area contributed by atoms with Crippen molar-refractivity contribution in [2.45, 2.75) is 25.2 Å². The van der Waals surface area contributed by atoms with E-state index < -0.39 is 0 Å². The van der Waals surface area contributed by atoms with E-state index in [0.717, 1.165) is 49.7 Å². The van der Waals surface area contributed by atoms with Gasteiger partial charge in [-0.1, -0.05) is 41.9 Å². The minimum Gasteiger partial charge on any atom is -0.370 e. The molecule has 6 nitrogen and oxygen atoms in total. The fraction of sp³-hybridized carbons (Fsp3) is 0.417. The Bertz CT molecular complexity index is 929. The van der Waals surface area contributed by atoms with Gasteiger partial charge in [-0.15, -0.1) is 0 Å². The number of rotatable bonds is 7. The van der Waals surface area contributed by atoms with Gasteiger partial charge in [0.1, 0.15) is 0 Å². The molecule has 2 heterocycles. The Balaban J connectivity index is 1.21. The van der Waals surface area contributed by atoms with Crippen LogP contribution in [0.4, 0.5) is 0 Å². The number of ether oxygens (including phenoxy) is 1. The lowest BCUT2D eigenvalue weighted by Crippen LogP contribution is -2.60. The van der Waals surface area contributed by atoms with Crippen LogP contribution in [-0.2, 0) is 22.5 Å². The number of nitriles is 1. The van der Waals surface area contributed by atoms with Crippen LogP contribution in [0.3, 0.4) is 0 Å². The Morgan fingerprint density at radius 1 is 1.06 bits per heavy atom. The summed E-state index contributed by atoms with van der Waals surface area (Å²) in [6, 6.07) is 17.4. The molecule has 2 saturated heterocycles. The summed E-state index contributed by atoms with van der Waals surface area (Å²) < 4.78 is 6.12. The maximum Gasteiger partial charge on any atom is 0.234 e. The summed E-state index contributed by atoms with van der Waals surface area (Å²) in [7, 11) is 0. The van der Waals surface area contributed by atoms with Gasteiger partial charge in [0, 0.05) is 44.3 Å². The summed E-state index contributed by atoms with van der Waals surface area (Å²) in [6.45, 7) is 5.11. The summed E-state index contributed by atoms with van der Waals surface area (Å²) in [4.78, 5) is 17.1. The average molecular weight is 439 g/mol. The highest BCUT2D eigenvalue weighted by atomic mass is 35.5. The topological polar surface area (TPSA) is 68.6 Å². The van der Waals surface area contributed by atoms with Gasteiger partial charge < -0.3 is 10.1 Å². The first-order valence-electron chi connectivity index (χ1n) is 10.7. The molecule has 1 N–H and O–H groups in total. The first-order chi connectivity index (χ1) is 15.1. The number of amides is 1. The number of fused-ring (bicyclic) bond motifs is 2. The molecule has 2 bridgehead atoms. The van der Waals surface area contributed by atoms with E-state index in [4.69, 9.17) is 21.6 Å². The van der Waals surface area contributed by atoms with E-state index in [-0.39, 0.29) is 18.1 Å². The van der Waals surface area contributed by atoms with Crippen LogP contribution in [0, 0.1) is 11.3 Å². The fourth-order valence-corrected chi connectivity index (χ4v) is 4.54. The highest BCUT2D eigenvalue weighted by molar-refractivity contribution is 6.31. The number of morpholine rings is 2. The molecule has 2 aromatic carbocycles. The predicted octanol–water partition coefficient (Wildman–Crippen LogP) is 2.46. The standard InChI is InChI=1S/C24H27ClN4O2/c25-23-4-2-1-3-20(23)9-10-28-13-21-15-29(16-22(14-28)31-21)17-24(30)27-12-19-7-5-18(11-26)6-8-19/h1-8,21-22H,9-10,12-17H2,(H,27,30). The Hall–Kier alpha value is -2.43. The van der Waals surface area contributed by atoms with Crippen LogP contribution in [0.5, 0.6) is 0 Å². The van der Waals surface area contributed by atoms with Crippen molar-refractivity contribution in [1.29, 1.82) is 5.26 Å². The number of hydrogen-bond acceptors (Lipinski definition) is 5. The van der Waals surface area contributed by atoms with Crippen LogP contribution >= 0.6 is 11.6 Å². The number of carbonyl (C=O) groups excluding carboxylic acids is 1. The van der Waals surface area contributed by atoms with Gasteiger partial charge in [-0.05, 0) is 35.7 Å². The first-order valence-corrected chi connectivity index (χ1v) is 11.1. The summed E-state index contributed by atoms with van der Waals surface area (Å²) in [5.41, 5.74) is 2.79. The van der Waals surface area contributed by atoms with E-state index in [1.807, 2.05) is 30.3 Å². The monoisotopic (exact) mass is 438 g/mol. The van der Waals surface area contributed by atoms with E-state index in [1.54, 1.807) is 12.1 Å². The van der Waals surface area contributed by atoms with Crippen molar-refractivity contribution in [3.63, 3.8) is 0 Å². The molecule has 1 amide bonds. The molecule has 7 heteroatoms. The SMILES string of the molecule is N#Cc1ccc(CNC(=O)CN2CC3CN(CCc4ccccc4Cl)CC(C2)O3)cc1. The second-order valence-corrected chi connectivity index (χ2v) is 8.67. The van der Waals surface area contributed by atoms with Gasteiger partial charge in [-0.25, -0.2) is 0 Å². The molecular formula is C24H27ClN4O2. The van der Waals surface area contributed by atoms with E-state index >= 15 is 0 Å². The van der Waals surface area contributed by atoms with Crippen LogP contribution in [-0.4, -0.2) is 67.2 Å². The molecule has 2 fully saturated rings. The third kappa shape index (κ3) is 6.05. The second-order valence-electron chi connectivity index (χ2n) is 8.26. The van der Waals surface area contributed by atoms with Gasteiger partial charge in [0.15, 0.2) is 0 Å². The molecule has 0 spiro atoms. The van der Waals surface area contributed by atoms with Crippen molar-refractivity contribution < 1.29 is 9.53 Å². The summed E-state index contributed by atoms with van der Waals surface area (Å²) in [5.74, 6) is 0.0138. The van der Waals surface area contributed by atoms with Crippen molar-refractivity contribution in [1.82, 2.24) is 15.1 Å². The normalized spacial score (nSPS) is 21.4. The van der Waals surface area contributed by atoms with Crippen molar-refractivity contribution in [2.75, 3.05) is 39.3 Å². The Morgan fingerprint density at radius 3 is 2.42 bits per heavy atom. The number of benzene rings is 2. The third-order valence-corrected chi connectivity index (χ3v) is 6.20. The molecule has 2 atom stereocenters. The summed E-state index contributed by atoms with van der Waals surface area (Å²) >= 11 is 6.28. The first kappa shape index (κ1) is 21.8. The highest BCUT2D eigenvalue weighted by Gasteiger charge is 2.35. The van der Waals surface area contributed by atoms with Gasteiger partial charge in [-0.3, -0.25) is 14.6 Å². The number of nitrogens with one attached hydrogen (secondary N) is 1. The molecule has 2 aromatic rings. The van der Waals surface area contributed by atoms with E-state index in [2.05, 4.69) is 27.3 Å². The second kappa shape index (κ2) is 10.3. The average Bonchev–Trinajstić information content (AvgIpc) is 2.77. The zero-order valence-electron chi connectivity index (χ0n) is 17.5. The maximum atomic E-state index is 12.4. The number of hydrogen-bond donors (Lipinski definition) is 1. The van der Waals surface area contributed by atoms with E-state index in [0.29, 0.717) is 18.7 Å². The fourth-order valence-electron chi connectivity index (χ4n) is 4.31. The van der Waals surface area contributed by atoms with E-state index in [9.17, 15) is 4.79 Å². The quantitative estimate of drug-likeness (QED) is 0.719. The lowest BCUT2D eigenvalue weighted by molar-refractivity contribution is -0.144. The van der Waals surface area contributed by atoms with Crippen molar-refractivity contribution in [3.8, 4) is 6.07 Å². The zero-order valence-corrected chi connectivity index (χ0v) is 18.2. The summed E-state index contributed by atoms with van der Waals surface area (Å²) in [6.07, 6.45) is 1.19. The van der Waals surface area contributed by atoms with Crippen LogP contribution in [0.15, 0.2) is 48.5 Å². The van der Waals surface area contributed by atoms with Crippen LogP contribution < -0.4 is 5.32 Å². The molecule has 31 heavy (non-hydrogen) atoms. The summed E-state index contributed by atoms with van der Waals surface area (Å²) in [5, 5.41) is 12.7. The molecule has 2 aliphatic rings. The molecule has 0 aliphatic carbocycles. The molecule has 2 unspecified atom stereocenters. The zero-order chi connectivity index (χ0) is 21.6. The van der Waals surface area contributed by atoms with Gasteiger partial charge in [0.05, 0.1) is 30.4 Å². The van der Waals surface area contributed by atoms with Gasteiger partial charge in [-0.2, -0.15) is 5.26 Å². The lowest BCUT2D eigenvalue weighted by Gasteiger charge is -2.45. The predicted molar refractivity (Wildman–Crippen MR) is 120 cm³/mol. The van der Waals surface area contributed by atoms with Crippen molar-refractivity contribution in [2.24, 2.45) is 0 Å². The van der Waals surface area contributed by atoms with Crippen molar-refractivity contribution >= 4 is 17.5 Å². The Labute approximate surface area is 188 Å². The third-order valence-electron chi connectivity index (χ3n) is 5.83. The van der Waals surface area contributed by atoms with Gasteiger partial charge >= 0.3 is 0 Å². The van der Waals surface area contributed by atoms with Gasteiger partial charge in [0.25, 0.3) is 0 Å². The smallest absolute Gasteiger partial charge is 0.234 e.